The molecule has 1 atom stereocenters. The Bertz CT molecular complexity index is 443. The molecule has 0 fully saturated rings. The molecule has 2 aromatic rings. The summed E-state index contributed by atoms with van der Waals surface area (Å²) in [6.07, 6.45) is 2.69. The lowest BCUT2D eigenvalue weighted by atomic mass is 10.1. The zero-order valence-corrected chi connectivity index (χ0v) is 10.7. The van der Waals surface area contributed by atoms with Crippen molar-refractivity contribution in [3.63, 3.8) is 0 Å². The molecule has 0 aliphatic rings. The fraction of sp³-hybridized carbons (Fsp3) is 0.267. The van der Waals surface area contributed by atoms with Crippen molar-refractivity contribution in [2.45, 2.75) is 26.3 Å². The summed E-state index contributed by atoms with van der Waals surface area (Å²) in [4.78, 5) is 4.24. The highest BCUT2D eigenvalue weighted by Gasteiger charge is 2.04. The second-order valence-electron chi connectivity index (χ2n) is 4.56. The van der Waals surface area contributed by atoms with E-state index in [1.807, 2.05) is 37.4 Å². The fourth-order valence-electron chi connectivity index (χ4n) is 1.86. The normalized spacial score (nSPS) is 12.2. The van der Waals surface area contributed by atoms with Crippen molar-refractivity contribution < 1.29 is 4.39 Å². The van der Waals surface area contributed by atoms with Crippen LogP contribution in [0, 0.1) is 12.7 Å². The highest BCUT2D eigenvalue weighted by atomic mass is 19.1. The summed E-state index contributed by atoms with van der Waals surface area (Å²) in [5, 5.41) is 3.38. The van der Waals surface area contributed by atoms with Gasteiger partial charge in [0.1, 0.15) is 5.82 Å². The van der Waals surface area contributed by atoms with Gasteiger partial charge < -0.3 is 5.32 Å². The maximum absolute atomic E-state index is 12.8. The summed E-state index contributed by atoms with van der Waals surface area (Å²) < 4.78 is 12.8. The number of nitrogens with zero attached hydrogens (tertiary/aromatic N) is 1. The van der Waals surface area contributed by atoms with E-state index < -0.39 is 0 Å². The molecular formula is C15H17FN2. The second kappa shape index (κ2) is 5.63. The molecule has 0 amide bonds. The van der Waals surface area contributed by atoms with E-state index in [1.54, 1.807) is 0 Å². The maximum atomic E-state index is 12.8. The van der Waals surface area contributed by atoms with E-state index in [-0.39, 0.29) is 11.9 Å². The minimum absolute atomic E-state index is 0.193. The van der Waals surface area contributed by atoms with Gasteiger partial charge in [-0.1, -0.05) is 12.1 Å². The first-order valence-corrected chi connectivity index (χ1v) is 6.07. The Morgan fingerprint density at radius 1 is 1.17 bits per heavy atom. The van der Waals surface area contributed by atoms with E-state index in [1.165, 1.54) is 12.1 Å². The number of rotatable bonds is 4. The molecule has 0 spiro atoms. The van der Waals surface area contributed by atoms with E-state index in [2.05, 4.69) is 17.2 Å². The van der Waals surface area contributed by atoms with Crippen LogP contribution in [0.1, 0.15) is 18.2 Å². The Kier molecular flexibility index (Phi) is 3.92. The minimum Gasteiger partial charge on any atom is -0.381 e. The quantitative estimate of drug-likeness (QED) is 0.889. The van der Waals surface area contributed by atoms with Gasteiger partial charge in [0, 0.05) is 11.7 Å². The number of halogens is 1. The van der Waals surface area contributed by atoms with Gasteiger partial charge in [-0.3, -0.25) is 4.98 Å². The third-order valence-electron chi connectivity index (χ3n) is 2.78. The molecule has 1 unspecified atom stereocenters. The largest absolute Gasteiger partial charge is 0.381 e. The first kappa shape index (κ1) is 12.6. The van der Waals surface area contributed by atoms with E-state index in [9.17, 15) is 4.39 Å². The average Bonchev–Trinajstić information content (AvgIpc) is 2.35. The molecule has 2 nitrogen and oxygen atoms in total. The summed E-state index contributed by atoms with van der Waals surface area (Å²) in [5.41, 5.74) is 3.14. The number of hydrogen-bond donors (Lipinski definition) is 1. The SMILES string of the molecule is Cc1ccc(NC(C)Cc2ccc(F)cc2)cn1. The fourth-order valence-corrected chi connectivity index (χ4v) is 1.86. The lowest BCUT2D eigenvalue weighted by Gasteiger charge is -2.15. The summed E-state index contributed by atoms with van der Waals surface area (Å²) in [6.45, 7) is 4.06. The molecule has 1 aromatic carbocycles. The summed E-state index contributed by atoms with van der Waals surface area (Å²) in [5.74, 6) is -0.193. The Hall–Kier alpha value is -1.90. The lowest BCUT2D eigenvalue weighted by molar-refractivity contribution is 0.626. The molecular weight excluding hydrogens is 227 g/mol. The minimum atomic E-state index is -0.193. The molecule has 0 saturated heterocycles. The van der Waals surface area contributed by atoms with Crippen molar-refractivity contribution in [3.05, 3.63) is 59.7 Å². The topological polar surface area (TPSA) is 24.9 Å². The number of aromatic nitrogens is 1. The molecule has 94 valence electrons. The van der Waals surface area contributed by atoms with Gasteiger partial charge in [0.05, 0.1) is 11.9 Å². The average molecular weight is 244 g/mol. The van der Waals surface area contributed by atoms with Crippen LogP contribution in [-0.4, -0.2) is 11.0 Å². The van der Waals surface area contributed by atoms with Gasteiger partial charge in [-0.15, -0.1) is 0 Å². The van der Waals surface area contributed by atoms with Crippen molar-refractivity contribution in [2.24, 2.45) is 0 Å². The van der Waals surface area contributed by atoms with E-state index in [4.69, 9.17) is 0 Å². The number of anilines is 1. The van der Waals surface area contributed by atoms with Crippen LogP contribution in [0.2, 0.25) is 0 Å². The molecule has 1 heterocycles. The molecule has 0 aliphatic carbocycles. The van der Waals surface area contributed by atoms with Gasteiger partial charge in [0.2, 0.25) is 0 Å². The first-order valence-electron chi connectivity index (χ1n) is 6.07. The van der Waals surface area contributed by atoms with Crippen LogP contribution >= 0.6 is 0 Å². The van der Waals surface area contributed by atoms with Crippen LogP contribution in [0.4, 0.5) is 10.1 Å². The number of benzene rings is 1. The van der Waals surface area contributed by atoms with Crippen LogP contribution < -0.4 is 5.32 Å². The van der Waals surface area contributed by atoms with Gasteiger partial charge in [-0.05, 0) is 50.1 Å². The predicted molar refractivity (Wildman–Crippen MR) is 72.2 cm³/mol. The molecule has 0 bridgehead atoms. The van der Waals surface area contributed by atoms with Crippen molar-refractivity contribution in [1.29, 1.82) is 0 Å². The van der Waals surface area contributed by atoms with Gasteiger partial charge in [0.15, 0.2) is 0 Å². The lowest BCUT2D eigenvalue weighted by Crippen LogP contribution is -2.18. The van der Waals surface area contributed by atoms with Gasteiger partial charge in [-0.25, -0.2) is 4.39 Å². The van der Waals surface area contributed by atoms with E-state index in [0.717, 1.165) is 23.4 Å². The summed E-state index contributed by atoms with van der Waals surface area (Å²) >= 11 is 0. The van der Waals surface area contributed by atoms with Crippen molar-refractivity contribution in [3.8, 4) is 0 Å². The molecule has 1 aromatic heterocycles. The smallest absolute Gasteiger partial charge is 0.123 e. The Balaban J connectivity index is 1.94. The van der Waals surface area contributed by atoms with E-state index >= 15 is 0 Å². The summed E-state index contributed by atoms with van der Waals surface area (Å²) in [6, 6.07) is 10.9. The first-order chi connectivity index (χ1) is 8.63. The standard InChI is InChI=1S/C15H17FN2/c1-11-3-8-15(10-17-11)18-12(2)9-13-4-6-14(16)7-5-13/h3-8,10,12,18H,9H2,1-2H3. The maximum Gasteiger partial charge on any atom is 0.123 e. The molecule has 0 radical (unpaired) electrons. The third-order valence-corrected chi connectivity index (χ3v) is 2.78. The zero-order chi connectivity index (χ0) is 13.0. The Morgan fingerprint density at radius 2 is 1.89 bits per heavy atom. The Labute approximate surface area is 107 Å². The van der Waals surface area contributed by atoms with Gasteiger partial charge in [-0.2, -0.15) is 0 Å². The highest BCUT2D eigenvalue weighted by Crippen LogP contribution is 2.11. The monoisotopic (exact) mass is 244 g/mol. The number of hydrogen-bond acceptors (Lipinski definition) is 2. The molecule has 3 heteroatoms. The van der Waals surface area contributed by atoms with Crippen LogP contribution in [0.25, 0.3) is 0 Å². The molecule has 0 aliphatic heterocycles. The molecule has 2 rings (SSSR count). The van der Waals surface area contributed by atoms with Crippen LogP contribution in [-0.2, 0) is 6.42 Å². The second-order valence-corrected chi connectivity index (χ2v) is 4.56. The Morgan fingerprint density at radius 3 is 2.50 bits per heavy atom. The van der Waals surface area contributed by atoms with Crippen molar-refractivity contribution >= 4 is 5.69 Å². The van der Waals surface area contributed by atoms with Crippen LogP contribution in [0.3, 0.4) is 0 Å². The molecule has 1 N–H and O–H groups in total. The molecule has 0 saturated carbocycles. The van der Waals surface area contributed by atoms with Crippen LogP contribution in [0.15, 0.2) is 42.6 Å². The predicted octanol–water partition coefficient (Wildman–Crippen LogP) is 3.57. The number of pyridine rings is 1. The van der Waals surface area contributed by atoms with E-state index in [0.29, 0.717) is 0 Å². The third kappa shape index (κ3) is 3.55. The number of aryl methyl sites for hydroxylation is 1. The van der Waals surface area contributed by atoms with Crippen molar-refractivity contribution in [1.82, 2.24) is 4.98 Å². The highest BCUT2D eigenvalue weighted by molar-refractivity contribution is 5.42. The molecule has 18 heavy (non-hydrogen) atoms. The van der Waals surface area contributed by atoms with Gasteiger partial charge in [0.25, 0.3) is 0 Å². The van der Waals surface area contributed by atoms with Crippen LogP contribution in [0.5, 0.6) is 0 Å². The number of nitrogens with one attached hydrogen (secondary N) is 1. The van der Waals surface area contributed by atoms with Crippen molar-refractivity contribution in [2.75, 3.05) is 5.32 Å². The zero-order valence-electron chi connectivity index (χ0n) is 10.7. The van der Waals surface area contributed by atoms with Gasteiger partial charge >= 0.3 is 0 Å². The summed E-state index contributed by atoms with van der Waals surface area (Å²) in [7, 11) is 0.